The zero-order valence-corrected chi connectivity index (χ0v) is 44.5. The van der Waals surface area contributed by atoms with E-state index in [9.17, 15) is 19.2 Å². The number of aliphatic imine (C=N–C) groups is 2. The van der Waals surface area contributed by atoms with Crippen molar-refractivity contribution in [3.63, 3.8) is 0 Å². The van der Waals surface area contributed by atoms with Crippen molar-refractivity contribution >= 4 is 58.6 Å². The molecule has 18 nitrogen and oxygen atoms in total. The summed E-state index contributed by atoms with van der Waals surface area (Å²) in [5, 5.41) is 12.9. The highest BCUT2D eigenvalue weighted by atomic mass is 32.2. The summed E-state index contributed by atoms with van der Waals surface area (Å²) in [4.78, 5) is 68.1. The van der Waals surface area contributed by atoms with E-state index in [1.807, 2.05) is 28.1 Å². The average Bonchev–Trinajstić information content (AvgIpc) is 3.87. The molecule has 4 aliphatic heterocycles. The van der Waals surface area contributed by atoms with Gasteiger partial charge in [-0.15, -0.1) is 23.5 Å². The van der Waals surface area contributed by atoms with Crippen LogP contribution in [0.5, 0.6) is 0 Å². The number of ether oxygens (including phenoxy) is 2. The molecule has 8 aliphatic rings. The zero-order valence-electron chi connectivity index (χ0n) is 42.8. The van der Waals surface area contributed by atoms with Crippen LogP contribution in [0.15, 0.2) is 9.98 Å². The summed E-state index contributed by atoms with van der Waals surface area (Å²) in [5.74, 6) is 2.21. The smallest absolute Gasteiger partial charge is 0.230 e. The molecule has 4 aliphatic carbocycles. The van der Waals surface area contributed by atoms with Crippen LogP contribution in [0.1, 0.15) is 130 Å². The van der Waals surface area contributed by atoms with Crippen LogP contribution < -0.4 is 43.0 Å². The molecule has 0 aromatic heterocycles. The summed E-state index contributed by atoms with van der Waals surface area (Å²) in [6, 6.07) is 0.308. The van der Waals surface area contributed by atoms with Crippen LogP contribution in [0.4, 0.5) is 0 Å². The highest BCUT2D eigenvalue weighted by molar-refractivity contribution is 8.00. The molecule has 2 saturated heterocycles. The quantitative estimate of drug-likeness (QED) is 0.0875. The minimum Gasteiger partial charge on any atom is -0.381 e. The second-order valence-corrected chi connectivity index (χ2v) is 23.8. The summed E-state index contributed by atoms with van der Waals surface area (Å²) in [6.45, 7) is 10.4. The molecular weight excluding hydrogens is 929 g/mol. The fourth-order valence-electron chi connectivity index (χ4n) is 13.5. The number of carbonyl (C=O) groups excluding carboxylic acids is 4. The molecule has 0 bridgehead atoms. The first kappa shape index (κ1) is 53.9. The van der Waals surface area contributed by atoms with Gasteiger partial charge in [0.05, 0.1) is 73.3 Å². The number of rotatable bonds is 19. The van der Waals surface area contributed by atoms with E-state index in [0.717, 1.165) is 89.9 Å². The number of thioether (sulfide) groups is 2. The van der Waals surface area contributed by atoms with Gasteiger partial charge in [0.25, 0.3) is 0 Å². The third-order valence-corrected chi connectivity index (χ3v) is 19.6. The van der Waals surface area contributed by atoms with Crippen molar-refractivity contribution in [2.24, 2.45) is 33.7 Å². The standard InChI is InChI=1S/C50H86N12O6S2/c1-7-51-43(63)25-39-49-59-57-29(3)61(49)41-19-13-33(67-5)23-37(41)47(55-39)31-9-15-35(16-10-31)69-27-45(65)53-21-22-54-46(66)28-70-36-17-11-32(12-18-36)48-38-24-34(68-6)14-20-42(38)62-30(4)58-60-50(62)40(56-48)26-44(64)52-8-2/h29-42,49-50,57-60H,7-28H2,1-6H3,(H,51,63)(H,52,64)(H,53,65)(H,54,66)/t29?,30?,31?,32?,33?,34?,35?,36?,37?,38?,39-,40-,41?,42?,49?,50?/m0/s1. The molecule has 6 fully saturated rings. The zero-order chi connectivity index (χ0) is 49.3. The second kappa shape index (κ2) is 25.7. The first-order valence-electron chi connectivity index (χ1n) is 27.1. The van der Waals surface area contributed by atoms with E-state index in [0.29, 0.717) is 84.9 Å². The molecule has 0 aromatic carbocycles. The lowest BCUT2D eigenvalue weighted by atomic mass is 9.72. The van der Waals surface area contributed by atoms with Gasteiger partial charge in [-0.3, -0.25) is 39.0 Å². The topological polar surface area (TPSA) is 214 Å². The number of amides is 4. The SMILES string of the molecule is CCNC(=O)C[C@@H]1N=C(C2CCC(SCC(=O)NCCNC(=O)CSC3CCC(C4=N[C@@H](CC(=O)NCC)C5NNC(C)N5C5CCC(OC)CC45)CC3)CC2)C2CC(OC)CCC2N2C(C)NNC12. The Balaban J connectivity index is 0.754. The molecule has 10 unspecified atom stereocenters. The predicted molar refractivity (Wildman–Crippen MR) is 278 cm³/mol. The Kier molecular flexibility index (Phi) is 19.8. The maximum Gasteiger partial charge on any atom is 0.230 e. The number of nitrogens with one attached hydrogen (secondary N) is 8. The number of hydrogen-bond acceptors (Lipinski definition) is 16. The molecule has 70 heavy (non-hydrogen) atoms. The number of carbonyl (C=O) groups is 4. The molecule has 0 radical (unpaired) electrons. The summed E-state index contributed by atoms with van der Waals surface area (Å²) >= 11 is 3.49. The summed E-state index contributed by atoms with van der Waals surface area (Å²) < 4.78 is 11.9. The maximum absolute atomic E-state index is 13.0. The van der Waals surface area contributed by atoms with Crippen LogP contribution in [0.25, 0.3) is 0 Å². The second-order valence-electron chi connectivity index (χ2n) is 21.2. The number of hydrazine groups is 2. The van der Waals surface area contributed by atoms with Crippen LogP contribution in [0.2, 0.25) is 0 Å². The lowest BCUT2D eigenvalue weighted by Gasteiger charge is -2.44. The van der Waals surface area contributed by atoms with Crippen molar-refractivity contribution < 1.29 is 28.7 Å². The van der Waals surface area contributed by atoms with Gasteiger partial charge >= 0.3 is 0 Å². The monoisotopic (exact) mass is 1010 g/mol. The van der Waals surface area contributed by atoms with Crippen LogP contribution in [0.3, 0.4) is 0 Å². The van der Waals surface area contributed by atoms with Crippen LogP contribution in [-0.4, -0.2) is 168 Å². The van der Waals surface area contributed by atoms with E-state index < -0.39 is 0 Å². The minimum atomic E-state index is -0.181. The highest BCUT2D eigenvalue weighted by Gasteiger charge is 2.52. The Morgan fingerprint density at radius 3 is 1.33 bits per heavy atom. The van der Waals surface area contributed by atoms with Gasteiger partial charge in [-0.25, -0.2) is 21.7 Å². The van der Waals surface area contributed by atoms with Gasteiger partial charge in [-0.1, -0.05) is 0 Å². The van der Waals surface area contributed by atoms with Gasteiger partial charge in [0.1, 0.15) is 0 Å². The summed E-state index contributed by atoms with van der Waals surface area (Å²) in [7, 11) is 3.65. The number of fused-ring (bicyclic) bond motifs is 6. The van der Waals surface area contributed by atoms with Crippen molar-refractivity contribution in [2.45, 2.75) is 202 Å². The maximum atomic E-state index is 13.0. The largest absolute Gasteiger partial charge is 0.381 e. The lowest BCUT2D eigenvalue weighted by Crippen LogP contribution is -2.55. The Hall–Kier alpha value is -2.40. The molecule has 394 valence electrons. The van der Waals surface area contributed by atoms with E-state index in [1.54, 1.807) is 23.5 Å². The first-order valence-corrected chi connectivity index (χ1v) is 29.2. The minimum absolute atomic E-state index is 0.00858. The molecule has 8 rings (SSSR count). The summed E-state index contributed by atoms with van der Waals surface area (Å²) in [6.07, 6.45) is 15.6. The van der Waals surface area contributed by atoms with Crippen LogP contribution >= 0.6 is 23.5 Å². The van der Waals surface area contributed by atoms with Crippen molar-refractivity contribution in [1.29, 1.82) is 0 Å². The Labute approximate surface area is 425 Å². The average molecular weight is 1020 g/mol. The Morgan fingerprint density at radius 1 is 0.557 bits per heavy atom. The third-order valence-electron chi connectivity index (χ3n) is 16.9. The number of nitrogens with zero attached hydrogens (tertiary/aromatic N) is 4. The molecule has 0 spiro atoms. The molecule has 12 atom stereocenters. The van der Waals surface area contributed by atoms with Gasteiger partial charge in [0.2, 0.25) is 23.6 Å². The van der Waals surface area contributed by atoms with Gasteiger partial charge in [0.15, 0.2) is 0 Å². The molecule has 4 saturated carbocycles. The predicted octanol–water partition coefficient (Wildman–Crippen LogP) is 3.03. The first-order chi connectivity index (χ1) is 34.0. The number of methoxy groups -OCH3 is 2. The van der Waals surface area contributed by atoms with E-state index in [-0.39, 0.29) is 84.4 Å². The van der Waals surface area contributed by atoms with E-state index in [4.69, 9.17) is 19.5 Å². The lowest BCUT2D eigenvalue weighted by molar-refractivity contribution is -0.122. The molecular formula is C50H86N12O6S2. The van der Waals surface area contributed by atoms with Crippen molar-refractivity contribution in [1.82, 2.24) is 52.8 Å². The Morgan fingerprint density at radius 2 is 0.957 bits per heavy atom. The van der Waals surface area contributed by atoms with Gasteiger partial charge in [0, 0.05) is 86.2 Å². The molecule has 8 N–H and O–H groups in total. The highest BCUT2D eigenvalue weighted by Crippen LogP contribution is 2.45. The van der Waals surface area contributed by atoms with E-state index >= 15 is 0 Å². The van der Waals surface area contributed by atoms with Crippen molar-refractivity contribution in [3.8, 4) is 0 Å². The fourth-order valence-corrected chi connectivity index (χ4v) is 15.7. The van der Waals surface area contributed by atoms with E-state index in [1.165, 1.54) is 11.4 Å². The molecule has 0 aromatic rings. The number of hydrogen-bond donors (Lipinski definition) is 8. The van der Waals surface area contributed by atoms with Gasteiger partial charge < -0.3 is 30.7 Å². The van der Waals surface area contributed by atoms with Crippen LogP contribution in [0, 0.1) is 23.7 Å². The van der Waals surface area contributed by atoms with E-state index in [2.05, 4.69) is 66.6 Å². The molecule has 20 heteroatoms. The molecule has 4 heterocycles. The normalized spacial score (nSPS) is 37.8. The van der Waals surface area contributed by atoms with Crippen molar-refractivity contribution in [2.75, 3.05) is 51.9 Å². The third kappa shape index (κ3) is 13.1. The van der Waals surface area contributed by atoms with Gasteiger partial charge in [-0.05, 0) is 129 Å². The summed E-state index contributed by atoms with van der Waals surface area (Å²) in [5.41, 5.74) is 16.5. The van der Waals surface area contributed by atoms with Gasteiger partial charge in [-0.2, -0.15) is 0 Å². The Bertz CT molecular complexity index is 1710. The molecule has 4 amide bonds. The van der Waals surface area contributed by atoms with Crippen molar-refractivity contribution in [3.05, 3.63) is 0 Å². The van der Waals surface area contributed by atoms with Crippen LogP contribution in [-0.2, 0) is 28.7 Å². The fraction of sp³-hybridized carbons (Fsp3) is 0.880.